The lowest BCUT2D eigenvalue weighted by molar-refractivity contribution is 0.489. The van der Waals surface area contributed by atoms with Gasteiger partial charge < -0.3 is 10.1 Å². The van der Waals surface area contributed by atoms with E-state index >= 15 is 0 Å². The van der Waals surface area contributed by atoms with Crippen molar-refractivity contribution in [1.82, 2.24) is 5.32 Å². The first-order valence-electron chi connectivity index (χ1n) is 5.12. The van der Waals surface area contributed by atoms with E-state index in [4.69, 9.17) is 15.6 Å². The van der Waals surface area contributed by atoms with Gasteiger partial charge in [0.15, 0.2) is 5.90 Å². The molecule has 0 fully saturated rings. The molecule has 0 atom stereocenters. The van der Waals surface area contributed by atoms with Gasteiger partial charge in [0.05, 0.1) is 6.54 Å². The molecule has 0 unspecified atom stereocenters. The highest BCUT2D eigenvalue weighted by atomic mass is 16.5. The van der Waals surface area contributed by atoms with Gasteiger partial charge in [0.2, 0.25) is 5.90 Å². The predicted octanol–water partition coefficient (Wildman–Crippen LogP) is 2.39. The Morgan fingerprint density at radius 2 is 1.71 bits per heavy atom. The molecule has 0 heterocycles. The minimum absolute atomic E-state index is 0.107. The number of hydrogen-bond acceptors (Lipinski definition) is 4. The number of ether oxygens (including phenoxy) is 1. The van der Waals surface area contributed by atoms with Gasteiger partial charge >= 0.3 is 0 Å². The summed E-state index contributed by atoms with van der Waals surface area (Å²) in [7, 11) is 0. The van der Waals surface area contributed by atoms with Crippen LogP contribution in [0.3, 0.4) is 0 Å². The summed E-state index contributed by atoms with van der Waals surface area (Å²) in [5.74, 6) is 0.251. The Morgan fingerprint density at radius 1 is 1.21 bits per heavy atom. The van der Waals surface area contributed by atoms with Gasteiger partial charge in [-0.15, -0.1) is 0 Å². The Bertz CT molecular complexity index is 167. The van der Waals surface area contributed by atoms with Crippen molar-refractivity contribution in [3.8, 4) is 0 Å². The fourth-order valence-electron chi connectivity index (χ4n) is 0.554. The van der Waals surface area contributed by atoms with Crippen molar-refractivity contribution in [2.75, 3.05) is 6.54 Å². The van der Waals surface area contributed by atoms with Crippen LogP contribution < -0.4 is 5.32 Å². The fraction of sp³-hybridized carbons (Fsp3) is 0.800. The van der Waals surface area contributed by atoms with E-state index in [1.54, 1.807) is 0 Å². The summed E-state index contributed by atoms with van der Waals surface area (Å²) in [6.07, 6.45) is 0.532. The van der Waals surface area contributed by atoms with E-state index in [9.17, 15) is 0 Å². The lowest BCUT2D eigenvalue weighted by atomic mass is 10.4. The van der Waals surface area contributed by atoms with Crippen molar-refractivity contribution < 1.29 is 4.74 Å². The minimum Gasteiger partial charge on any atom is -0.428 e. The van der Waals surface area contributed by atoms with Crippen LogP contribution >= 0.6 is 0 Å². The van der Waals surface area contributed by atoms with Gasteiger partial charge in [0.1, 0.15) is 0 Å². The summed E-state index contributed by atoms with van der Waals surface area (Å²) in [6, 6.07) is 0.338. The molecule has 0 aromatic carbocycles. The van der Waals surface area contributed by atoms with Crippen LogP contribution in [0.1, 0.15) is 41.0 Å². The van der Waals surface area contributed by atoms with E-state index in [2.05, 4.69) is 5.32 Å². The van der Waals surface area contributed by atoms with Gasteiger partial charge in [0.25, 0.3) is 0 Å². The van der Waals surface area contributed by atoms with E-state index in [0.29, 0.717) is 19.0 Å². The van der Waals surface area contributed by atoms with Crippen LogP contribution in [0.15, 0.2) is 0 Å². The van der Waals surface area contributed by atoms with Crippen LogP contribution in [-0.4, -0.2) is 24.4 Å². The van der Waals surface area contributed by atoms with Crippen LogP contribution in [-0.2, 0) is 4.74 Å². The van der Waals surface area contributed by atoms with Gasteiger partial charge in [-0.3, -0.25) is 10.8 Å². The summed E-state index contributed by atoms with van der Waals surface area (Å²) in [6.45, 7) is 10.2. The van der Waals surface area contributed by atoms with Crippen molar-refractivity contribution in [2.45, 2.75) is 47.1 Å². The molecule has 0 bridgehead atoms. The standard InChI is InChI=1S/C8H17N3O.C2H6/c1-4-7(9)12-8(10)5-11-6(2)3;1-2/h6,9-11H,4-5H2,1-3H3;1-2H3. The zero-order chi connectivity index (χ0) is 11.6. The first kappa shape index (κ1) is 15.6. The van der Waals surface area contributed by atoms with E-state index in [0.717, 1.165) is 0 Å². The highest BCUT2D eigenvalue weighted by Crippen LogP contribution is 1.86. The molecule has 3 N–H and O–H groups in total. The fourth-order valence-corrected chi connectivity index (χ4v) is 0.554. The lowest BCUT2D eigenvalue weighted by Gasteiger charge is -2.09. The third-order valence-electron chi connectivity index (χ3n) is 1.24. The van der Waals surface area contributed by atoms with Crippen molar-refractivity contribution in [2.24, 2.45) is 0 Å². The third-order valence-corrected chi connectivity index (χ3v) is 1.24. The van der Waals surface area contributed by atoms with E-state index in [1.165, 1.54) is 0 Å². The molecule has 0 saturated heterocycles. The summed E-state index contributed by atoms with van der Waals surface area (Å²) in [5, 5.41) is 17.5. The Hall–Kier alpha value is -0.900. The lowest BCUT2D eigenvalue weighted by Crippen LogP contribution is -2.30. The molecule has 0 aliphatic rings. The zero-order valence-electron chi connectivity index (χ0n) is 9.90. The SMILES string of the molecule is CC.CCC(=N)OC(=N)CNC(C)C. The second-order valence-corrected chi connectivity index (χ2v) is 2.84. The molecule has 14 heavy (non-hydrogen) atoms. The normalized spacial score (nSPS) is 9.00. The molecule has 4 nitrogen and oxygen atoms in total. The molecule has 0 spiro atoms. The first-order valence-corrected chi connectivity index (χ1v) is 5.12. The van der Waals surface area contributed by atoms with E-state index < -0.39 is 0 Å². The Kier molecular flexibility index (Phi) is 11.3. The van der Waals surface area contributed by atoms with Crippen LogP contribution in [0.5, 0.6) is 0 Å². The Morgan fingerprint density at radius 3 is 2.07 bits per heavy atom. The highest BCUT2D eigenvalue weighted by molar-refractivity contribution is 5.89. The van der Waals surface area contributed by atoms with Gasteiger partial charge in [-0.2, -0.15) is 0 Å². The topological polar surface area (TPSA) is 69.0 Å². The van der Waals surface area contributed by atoms with Crippen molar-refractivity contribution in [3.05, 3.63) is 0 Å². The molecular formula is C10H23N3O. The van der Waals surface area contributed by atoms with Crippen LogP contribution in [0.25, 0.3) is 0 Å². The minimum atomic E-state index is 0.107. The number of rotatable bonds is 4. The maximum atomic E-state index is 7.29. The van der Waals surface area contributed by atoms with Crippen molar-refractivity contribution in [3.63, 3.8) is 0 Å². The maximum Gasteiger partial charge on any atom is 0.203 e. The smallest absolute Gasteiger partial charge is 0.203 e. The summed E-state index contributed by atoms with van der Waals surface area (Å²) in [5.41, 5.74) is 0. The van der Waals surface area contributed by atoms with Gasteiger partial charge in [-0.25, -0.2) is 0 Å². The monoisotopic (exact) mass is 201 g/mol. The van der Waals surface area contributed by atoms with Gasteiger partial charge in [0, 0.05) is 12.5 Å². The highest BCUT2D eigenvalue weighted by Gasteiger charge is 2.01. The third kappa shape index (κ3) is 11.1. The molecule has 0 radical (unpaired) electrons. The van der Waals surface area contributed by atoms with Crippen LogP contribution in [0, 0.1) is 10.8 Å². The van der Waals surface area contributed by atoms with Crippen molar-refractivity contribution in [1.29, 1.82) is 10.8 Å². The summed E-state index contributed by atoms with van der Waals surface area (Å²) < 4.78 is 4.85. The van der Waals surface area contributed by atoms with Crippen LogP contribution in [0.2, 0.25) is 0 Å². The Balaban J connectivity index is 0. The predicted molar refractivity (Wildman–Crippen MR) is 61.3 cm³/mol. The average molecular weight is 201 g/mol. The Labute approximate surface area is 87.1 Å². The van der Waals surface area contributed by atoms with Crippen molar-refractivity contribution >= 4 is 11.8 Å². The zero-order valence-corrected chi connectivity index (χ0v) is 9.90. The summed E-state index contributed by atoms with van der Waals surface area (Å²) in [4.78, 5) is 0. The molecular weight excluding hydrogens is 178 g/mol. The second kappa shape index (κ2) is 10.2. The second-order valence-electron chi connectivity index (χ2n) is 2.84. The number of nitrogens with one attached hydrogen (secondary N) is 3. The number of hydrogen-bond donors (Lipinski definition) is 3. The largest absolute Gasteiger partial charge is 0.428 e. The first-order chi connectivity index (χ1) is 6.56. The molecule has 0 amide bonds. The quantitative estimate of drug-likeness (QED) is 0.483. The molecule has 84 valence electrons. The van der Waals surface area contributed by atoms with E-state index in [1.807, 2.05) is 34.6 Å². The molecule has 0 aromatic heterocycles. The van der Waals surface area contributed by atoms with Gasteiger partial charge in [-0.1, -0.05) is 34.6 Å². The average Bonchev–Trinajstić information content (AvgIpc) is 2.17. The molecule has 0 aromatic rings. The molecule has 0 aliphatic heterocycles. The molecule has 0 rings (SSSR count). The summed E-state index contributed by atoms with van der Waals surface area (Å²) >= 11 is 0. The van der Waals surface area contributed by atoms with E-state index in [-0.39, 0.29) is 11.8 Å². The van der Waals surface area contributed by atoms with Crippen LogP contribution in [0.4, 0.5) is 0 Å². The van der Waals surface area contributed by atoms with Gasteiger partial charge in [-0.05, 0) is 0 Å². The molecule has 4 heteroatoms. The molecule has 0 aliphatic carbocycles. The maximum absolute atomic E-state index is 7.29. The molecule has 0 saturated carbocycles.